The monoisotopic (exact) mass is 470 g/mol. The van der Waals surface area contributed by atoms with E-state index in [1.807, 2.05) is 32.9 Å². The predicted octanol–water partition coefficient (Wildman–Crippen LogP) is 5.31. The number of halogens is 1. The fourth-order valence-electron chi connectivity index (χ4n) is 2.94. The molecule has 0 aliphatic carbocycles. The molecule has 8 heteroatoms. The van der Waals surface area contributed by atoms with Crippen LogP contribution in [0.5, 0.6) is 5.75 Å². The Hall–Kier alpha value is -3.32. The van der Waals surface area contributed by atoms with Crippen LogP contribution in [0.1, 0.15) is 59.7 Å². The lowest BCUT2D eigenvalue weighted by molar-refractivity contribution is 0.0995. The molecule has 0 atom stereocenters. The number of aromatic nitrogens is 2. The Morgan fingerprint density at radius 1 is 1.09 bits per heavy atom. The number of carbonyl (C=O) groups excluding carboxylic acids is 2. The number of hydrogen-bond acceptors (Lipinski definition) is 4. The van der Waals surface area contributed by atoms with E-state index >= 15 is 0 Å². The Bertz CT molecular complexity index is 1090. The van der Waals surface area contributed by atoms with E-state index in [1.165, 1.54) is 12.1 Å². The Balaban J connectivity index is 0.00000187. The van der Waals surface area contributed by atoms with Crippen LogP contribution >= 0.6 is 11.6 Å². The molecule has 0 unspecified atom stereocenters. The Morgan fingerprint density at radius 2 is 1.73 bits per heavy atom. The fourth-order valence-corrected chi connectivity index (χ4v) is 3.13. The molecule has 0 bridgehead atoms. The van der Waals surface area contributed by atoms with E-state index in [-0.39, 0.29) is 5.91 Å². The SMILES string of the molecule is CC.Cc1cc(NC(=O)c2ccc(C(N)=O)cc2)nn1Cc1cc(Cl)ccc1OCC(C)C. The summed E-state index contributed by atoms with van der Waals surface area (Å²) < 4.78 is 7.70. The smallest absolute Gasteiger partial charge is 0.256 e. The van der Waals surface area contributed by atoms with E-state index in [0.717, 1.165) is 17.0 Å². The number of aryl methyl sites for hydroxylation is 1. The van der Waals surface area contributed by atoms with Gasteiger partial charge in [0.25, 0.3) is 5.91 Å². The first kappa shape index (κ1) is 25.9. The largest absolute Gasteiger partial charge is 0.493 e. The molecule has 33 heavy (non-hydrogen) atoms. The van der Waals surface area contributed by atoms with Gasteiger partial charge < -0.3 is 15.8 Å². The van der Waals surface area contributed by atoms with Crippen LogP contribution < -0.4 is 15.8 Å². The van der Waals surface area contributed by atoms with Crippen molar-refractivity contribution in [2.45, 2.75) is 41.2 Å². The van der Waals surface area contributed by atoms with Crippen molar-refractivity contribution in [1.29, 1.82) is 0 Å². The van der Waals surface area contributed by atoms with Crippen LogP contribution in [-0.2, 0) is 6.54 Å². The minimum atomic E-state index is -0.543. The lowest BCUT2D eigenvalue weighted by atomic mass is 10.1. The summed E-state index contributed by atoms with van der Waals surface area (Å²) in [4.78, 5) is 23.7. The van der Waals surface area contributed by atoms with Gasteiger partial charge in [-0.2, -0.15) is 5.10 Å². The molecular weight excluding hydrogens is 440 g/mol. The lowest BCUT2D eigenvalue weighted by Crippen LogP contribution is -2.14. The van der Waals surface area contributed by atoms with Gasteiger partial charge in [0.05, 0.1) is 13.2 Å². The van der Waals surface area contributed by atoms with Crippen LogP contribution in [0.2, 0.25) is 5.02 Å². The highest BCUT2D eigenvalue weighted by Crippen LogP contribution is 2.25. The molecule has 176 valence electrons. The molecule has 1 aromatic heterocycles. The van der Waals surface area contributed by atoms with Gasteiger partial charge in [0.15, 0.2) is 5.82 Å². The number of primary amides is 1. The second-order valence-electron chi connectivity index (χ2n) is 7.68. The normalized spacial score (nSPS) is 10.4. The minimum Gasteiger partial charge on any atom is -0.493 e. The number of benzene rings is 2. The fraction of sp³-hybridized carbons (Fsp3) is 0.320. The van der Waals surface area contributed by atoms with Gasteiger partial charge in [-0.1, -0.05) is 39.3 Å². The van der Waals surface area contributed by atoms with Gasteiger partial charge in [-0.05, 0) is 55.3 Å². The van der Waals surface area contributed by atoms with E-state index < -0.39 is 5.91 Å². The third-order valence-corrected chi connectivity index (χ3v) is 4.80. The summed E-state index contributed by atoms with van der Waals surface area (Å²) in [5.74, 6) is 0.707. The molecule has 2 aromatic carbocycles. The van der Waals surface area contributed by atoms with Gasteiger partial charge in [-0.3, -0.25) is 14.3 Å². The van der Waals surface area contributed by atoms with Crippen LogP contribution in [0.25, 0.3) is 0 Å². The maximum absolute atomic E-state index is 12.5. The zero-order chi connectivity index (χ0) is 24.5. The number of hydrogen-bond donors (Lipinski definition) is 2. The topological polar surface area (TPSA) is 99.2 Å². The van der Waals surface area contributed by atoms with Crippen LogP contribution in [0.15, 0.2) is 48.5 Å². The molecule has 1 heterocycles. The molecule has 0 aliphatic heterocycles. The number of nitrogens with zero attached hydrogens (tertiary/aromatic N) is 2. The third kappa shape index (κ3) is 7.36. The molecular formula is C25H31ClN4O3. The van der Waals surface area contributed by atoms with Crippen molar-refractivity contribution in [2.75, 3.05) is 11.9 Å². The Kier molecular flexibility index (Phi) is 9.48. The maximum atomic E-state index is 12.5. The zero-order valence-corrected chi connectivity index (χ0v) is 20.4. The third-order valence-electron chi connectivity index (χ3n) is 4.57. The highest BCUT2D eigenvalue weighted by atomic mass is 35.5. The number of carbonyl (C=O) groups is 2. The van der Waals surface area contributed by atoms with E-state index in [9.17, 15) is 9.59 Å². The van der Waals surface area contributed by atoms with Gasteiger partial charge in [-0.25, -0.2) is 0 Å². The number of nitrogens with two attached hydrogens (primary N) is 1. The van der Waals surface area contributed by atoms with Crippen LogP contribution in [0, 0.1) is 12.8 Å². The van der Waals surface area contributed by atoms with Gasteiger partial charge in [-0.15, -0.1) is 0 Å². The van der Waals surface area contributed by atoms with E-state index in [1.54, 1.807) is 28.9 Å². The second-order valence-corrected chi connectivity index (χ2v) is 8.12. The van der Waals surface area contributed by atoms with Crippen molar-refractivity contribution in [2.24, 2.45) is 11.7 Å². The molecule has 3 N–H and O–H groups in total. The van der Waals surface area contributed by atoms with Gasteiger partial charge in [0.1, 0.15) is 5.75 Å². The summed E-state index contributed by atoms with van der Waals surface area (Å²) >= 11 is 6.19. The standard InChI is InChI=1S/C23H25ClN4O3.C2H6/c1-14(2)13-31-20-9-8-19(24)11-18(20)12-28-15(3)10-21(27-28)26-23(30)17-6-4-16(5-7-17)22(25)29;1-2/h4-11,14H,12-13H2,1-3H3,(H2,25,29)(H,26,27,30);1-2H3. The predicted molar refractivity (Wildman–Crippen MR) is 132 cm³/mol. The average Bonchev–Trinajstić information content (AvgIpc) is 3.12. The Labute approximate surface area is 199 Å². The maximum Gasteiger partial charge on any atom is 0.256 e. The molecule has 0 spiro atoms. The van der Waals surface area contributed by atoms with E-state index in [0.29, 0.717) is 41.0 Å². The van der Waals surface area contributed by atoms with Gasteiger partial charge in [0.2, 0.25) is 5.91 Å². The highest BCUT2D eigenvalue weighted by Gasteiger charge is 2.13. The summed E-state index contributed by atoms with van der Waals surface area (Å²) in [6.45, 7) is 11.1. The van der Waals surface area contributed by atoms with E-state index in [4.69, 9.17) is 22.1 Å². The number of ether oxygens (including phenoxy) is 1. The number of anilines is 1. The number of rotatable bonds is 8. The van der Waals surface area contributed by atoms with E-state index in [2.05, 4.69) is 24.3 Å². The number of nitrogens with one attached hydrogen (secondary N) is 1. The van der Waals surface area contributed by atoms with Crippen molar-refractivity contribution in [1.82, 2.24) is 9.78 Å². The van der Waals surface area contributed by atoms with Crippen molar-refractivity contribution in [3.8, 4) is 5.75 Å². The summed E-state index contributed by atoms with van der Waals surface area (Å²) in [5, 5.41) is 7.89. The first-order valence-electron chi connectivity index (χ1n) is 10.9. The van der Waals surface area contributed by atoms with Crippen molar-refractivity contribution >= 4 is 29.2 Å². The van der Waals surface area contributed by atoms with Crippen LogP contribution in [0.4, 0.5) is 5.82 Å². The second kappa shape index (κ2) is 12.1. The molecule has 0 aliphatic rings. The van der Waals surface area contributed by atoms with Crippen molar-refractivity contribution < 1.29 is 14.3 Å². The quantitative estimate of drug-likeness (QED) is 0.466. The van der Waals surface area contributed by atoms with Gasteiger partial charge in [0, 0.05) is 33.5 Å². The van der Waals surface area contributed by atoms with Crippen molar-refractivity contribution in [3.63, 3.8) is 0 Å². The van der Waals surface area contributed by atoms with Crippen molar-refractivity contribution in [3.05, 3.63) is 75.9 Å². The first-order chi connectivity index (χ1) is 15.7. The Morgan fingerprint density at radius 3 is 2.33 bits per heavy atom. The molecule has 0 fully saturated rings. The molecule has 3 rings (SSSR count). The van der Waals surface area contributed by atoms with Crippen LogP contribution in [0.3, 0.4) is 0 Å². The average molecular weight is 471 g/mol. The van der Waals surface area contributed by atoms with Crippen LogP contribution in [-0.4, -0.2) is 28.2 Å². The summed E-state index contributed by atoms with van der Waals surface area (Å²) in [7, 11) is 0. The molecule has 0 saturated heterocycles. The summed E-state index contributed by atoms with van der Waals surface area (Å²) in [5.41, 5.74) is 7.74. The first-order valence-corrected chi connectivity index (χ1v) is 11.3. The number of amides is 2. The highest BCUT2D eigenvalue weighted by molar-refractivity contribution is 6.30. The summed E-state index contributed by atoms with van der Waals surface area (Å²) in [6, 6.07) is 13.4. The molecule has 3 aromatic rings. The minimum absolute atomic E-state index is 0.329. The van der Waals surface area contributed by atoms with Gasteiger partial charge >= 0.3 is 0 Å². The summed E-state index contributed by atoms with van der Waals surface area (Å²) in [6.07, 6.45) is 0. The molecule has 0 saturated carbocycles. The lowest BCUT2D eigenvalue weighted by Gasteiger charge is -2.14. The molecule has 7 nitrogen and oxygen atoms in total. The molecule has 0 radical (unpaired) electrons. The zero-order valence-electron chi connectivity index (χ0n) is 19.7. The molecule has 2 amide bonds.